The summed E-state index contributed by atoms with van der Waals surface area (Å²) in [6, 6.07) is 18.2. The fraction of sp³-hybridized carbons (Fsp3) is 0.115. The molecule has 0 saturated carbocycles. The molecule has 3 heterocycles. The maximum atomic E-state index is 12.9. The molecule has 2 aromatic carbocycles. The predicted molar refractivity (Wildman–Crippen MR) is 133 cm³/mol. The molecule has 0 spiro atoms. The van der Waals surface area contributed by atoms with Gasteiger partial charge in [-0.3, -0.25) is 9.89 Å². The summed E-state index contributed by atoms with van der Waals surface area (Å²) in [5.41, 5.74) is 4.57. The van der Waals surface area contributed by atoms with Crippen molar-refractivity contribution in [1.29, 1.82) is 0 Å². The van der Waals surface area contributed by atoms with Crippen molar-refractivity contribution in [3.05, 3.63) is 84.3 Å². The van der Waals surface area contributed by atoms with E-state index in [9.17, 15) is 9.59 Å². The number of ether oxygens (including phenoxy) is 2. The third-order valence-corrected chi connectivity index (χ3v) is 5.52. The van der Waals surface area contributed by atoms with Crippen LogP contribution in [0.15, 0.2) is 73.1 Å². The SMILES string of the molecule is CCOC(=O)c1cnn2c(-c3cccc(NC(=O)c4cc(-c5ccc(OC)cc5)n[nH]4)c3)ccnc12. The van der Waals surface area contributed by atoms with Crippen molar-refractivity contribution in [2.45, 2.75) is 6.92 Å². The number of nitrogens with zero attached hydrogens (tertiary/aromatic N) is 4. The number of carbonyl (C=O) groups is 2. The fourth-order valence-corrected chi connectivity index (χ4v) is 3.77. The summed E-state index contributed by atoms with van der Waals surface area (Å²) < 4.78 is 11.8. The molecule has 10 nitrogen and oxygen atoms in total. The quantitative estimate of drug-likeness (QED) is 0.333. The number of nitrogens with one attached hydrogen (secondary N) is 2. The fourth-order valence-electron chi connectivity index (χ4n) is 3.77. The molecule has 0 aliphatic heterocycles. The molecule has 0 aliphatic carbocycles. The van der Waals surface area contributed by atoms with Crippen LogP contribution in [-0.2, 0) is 4.74 Å². The lowest BCUT2D eigenvalue weighted by atomic mass is 10.1. The van der Waals surface area contributed by atoms with Gasteiger partial charge in [0.05, 0.1) is 31.3 Å². The molecule has 2 N–H and O–H groups in total. The first-order chi connectivity index (χ1) is 17.6. The second-order valence-electron chi connectivity index (χ2n) is 7.77. The highest BCUT2D eigenvalue weighted by atomic mass is 16.5. The van der Waals surface area contributed by atoms with Crippen LogP contribution in [0.5, 0.6) is 5.75 Å². The molecule has 10 heteroatoms. The van der Waals surface area contributed by atoms with Crippen LogP contribution in [0.2, 0.25) is 0 Å². The van der Waals surface area contributed by atoms with Gasteiger partial charge in [-0.15, -0.1) is 0 Å². The molecule has 0 bridgehead atoms. The Morgan fingerprint density at radius 2 is 1.89 bits per heavy atom. The average molecular weight is 483 g/mol. The van der Waals surface area contributed by atoms with Gasteiger partial charge in [0.2, 0.25) is 0 Å². The Labute approximate surface area is 205 Å². The highest BCUT2D eigenvalue weighted by Gasteiger charge is 2.18. The highest BCUT2D eigenvalue weighted by Crippen LogP contribution is 2.25. The number of anilines is 1. The Hall–Kier alpha value is -4.99. The number of esters is 1. The zero-order chi connectivity index (χ0) is 25.1. The lowest BCUT2D eigenvalue weighted by Crippen LogP contribution is -2.12. The van der Waals surface area contributed by atoms with Crippen molar-refractivity contribution < 1.29 is 19.1 Å². The van der Waals surface area contributed by atoms with E-state index in [-0.39, 0.29) is 18.1 Å². The number of hydrogen-bond acceptors (Lipinski definition) is 7. The molecule has 5 aromatic rings. The smallest absolute Gasteiger partial charge is 0.343 e. The molecule has 0 unspecified atom stereocenters. The van der Waals surface area contributed by atoms with E-state index in [0.29, 0.717) is 28.4 Å². The van der Waals surface area contributed by atoms with Crippen LogP contribution in [0.3, 0.4) is 0 Å². The summed E-state index contributed by atoms with van der Waals surface area (Å²) in [6.45, 7) is 2.00. The molecule has 0 atom stereocenters. The number of H-pyrrole nitrogens is 1. The lowest BCUT2D eigenvalue weighted by molar-refractivity contribution is 0.0528. The molecule has 0 radical (unpaired) electrons. The molecule has 0 saturated heterocycles. The number of carbonyl (C=O) groups excluding carboxylic acids is 2. The van der Waals surface area contributed by atoms with Crippen molar-refractivity contribution in [3.8, 4) is 28.3 Å². The van der Waals surface area contributed by atoms with Crippen LogP contribution in [0.1, 0.15) is 27.8 Å². The molecular weight excluding hydrogens is 460 g/mol. The zero-order valence-corrected chi connectivity index (χ0v) is 19.6. The Morgan fingerprint density at radius 1 is 1.06 bits per heavy atom. The Kier molecular flexibility index (Phi) is 6.14. The topological polar surface area (TPSA) is 123 Å². The maximum absolute atomic E-state index is 12.9. The van der Waals surface area contributed by atoms with E-state index in [4.69, 9.17) is 9.47 Å². The first-order valence-corrected chi connectivity index (χ1v) is 11.2. The first kappa shape index (κ1) is 22.8. The summed E-state index contributed by atoms with van der Waals surface area (Å²) >= 11 is 0. The van der Waals surface area contributed by atoms with Crippen LogP contribution in [-0.4, -0.2) is 50.4 Å². The van der Waals surface area contributed by atoms with E-state index in [0.717, 1.165) is 16.9 Å². The van der Waals surface area contributed by atoms with Crippen LogP contribution < -0.4 is 10.1 Å². The van der Waals surface area contributed by atoms with Gasteiger partial charge in [-0.1, -0.05) is 12.1 Å². The number of benzene rings is 2. The number of hydrogen-bond donors (Lipinski definition) is 2. The van der Waals surface area contributed by atoms with Gasteiger partial charge in [0.25, 0.3) is 5.91 Å². The largest absolute Gasteiger partial charge is 0.497 e. The van der Waals surface area contributed by atoms with E-state index >= 15 is 0 Å². The summed E-state index contributed by atoms with van der Waals surface area (Å²) in [5.74, 6) is -0.0689. The Bertz CT molecular complexity index is 1550. The average Bonchev–Trinajstić information content (AvgIpc) is 3.57. The van der Waals surface area contributed by atoms with Crippen molar-refractivity contribution in [1.82, 2.24) is 24.8 Å². The normalized spacial score (nSPS) is 10.8. The molecule has 0 fully saturated rings. The standard InChI is InChI=1S/C26H22N6O4/c1-3-36-26(34)20-15-28-32-23(11-12-27-24(20)32)17-5-4-6-18(13-17)29-25(33)22-14-21(30-31-22)16-7-9-19(35-2)10-8-16/h4-15H,3H2,1-2H3,(H,29,33)(H,30,31). The predicted octanol–water partition coefficient (Wildman–Crippen LogP) is 4.22. The van der Waals surface area contributed by atoms with E-state index in [1.54, 1.807) is 42.9 Å². The van der Waals surface area contributed by atoms with E-state index in [2.05, 4.69) is 25.6 Å². The molecule has 180 valence electrons. The third kappa shape index (κ3) is 4.39. The zero-order valence-electron chi connectivity index (χ0n) is 19.6. The van der Waals surface area contributed by atoms with Gasteiger partial charge in [0, 0.05) is 23.0 Å². The van der Waals surface area contributed by atoms with Crippen molar-refractivity contribution >= 4 is 23.2 Å². The number of methoxy groups -OCH3 is 1. The van der Waals surface area contributed by atoms with Crippen molar-refractivity contribution in [2.24, 2.45) is 0 Å². The molecule has 0 aliphatic rings. The van der Waals surface area contributed by atoms with Crippen LogP contribution >= 0.6 is 0 Å². The van der Waals surface area contributed by atoms with Crippen LogP contribution in [0.4, 0.5) is 5.69 Å². The highest BCUT2D eigenvalue weighted by molar-refractivity contribution is 6.03. The first-order valence-electron chi connectivity index (χ1n) is 11.2. The molecule has 1 amide bonds. The van der Waals surface area contributed by atoms with Gasteiger partial charge in [-0.2, -0.15) is 10.2 Å². The second-order valence-corrected chi connectivity index (χ2v) is 7.77. The van der Waals surface area contributed by atoms with Crippen molar-refractivity contribution in [3.63, 3.8) is 0 Å². The number of aromatic amines is 1. The monoisotopic (exact) mass is 482 g/mol. The van der Waals surface area contributed by atoms with E-state index in [1.807, 2.05) is 42.5 Å². The molecular formula is C26H22N6O4. The van der Waals surface area contributed by atoms with Gasteiger partial charge < -0.3 is 14.8 Å². The lowest BCUT2D eigenvalue weighted by Gasteiger charge is -2.08. The number of aromatic nitrogens is 5. The summed E-state index contributed by atoms with van der Waals surface area (Å²) in [5, 5.41) is 14.3. The van der Waals surface area contributed by atoms with Crippen molar-refractivity contribution in [2.75, 3.05) is 19.0 Å². The minimum Gasteiger partial charge on any atom is -0.497 e. The van der Waals surface area contributed by atoms with E-state index < -0.39 is 5.97 Å². The minimum atomic E-state index is -0.480. The van der Waals surface area contributed by atoms with E-state index in [1.165, 1.54) is 6.20 Å². The Morgan fingerprint density at radius 3 is 2.67 bits per heavy atom. The summed E-state index contributed by atoms with van der Waals surface area (Å²) in [7, 11) is 1.61. The Balaban J connectivity index is 1.38. The molecule has 3 aromatic heterocycles. The van der Waals surface area contributed by atoms with Crippen LogP contribution in [0, 0.1) is 0 Å². The summed E-state index contributed by atoms with van der Waals surface area (Å²) in [6.07, 6.45) is 3.04. The molecule has 36 heavy (non-hydrogen) atoms. The third-order valence-electron chi connectivity index (χ3n) is 5.52. The van der Waals surface area contributed by atoms with Gasteiger partial charge in [-0.25, -0.2) is 14.3 Å². The van der Waals surface area contributed by atoms with Crippen LogP contribution in [0.25, 0.3) is 28.2 Å². The number of rotatable bonds is 7. The maximum Gasteiger partial charge on any atom is 0.343 e. The number of amides is 1. The second kappa shape index (κ2) is 9.71. The van der Waals surface area contributed by atoms with Gasteiger partial charge in [0.1, 0.15) is 17.0 Å². The van der Waals surface area contributed by atoms with Gasteiger partial charge in [-0.05, 0) is 55.5 Å². The van der Waals surface area contributed by atoms with Gasteiger partial charge in [0.15, 0.2) is 5.65 Å². The van der Waals surface area contributed by atoms with Gasteiger partial charge >= 0.3 is 5.97 Å². The number of fused-ring (bicyclic) bond motifs is 1. The minimum absolute atomic E-state index is 0.259. The molecule has 5 rings (SSSR count). The summed E-state index contributed by atoms with van der Waals surface area (Å²) in [4.78, 5) is 29.4.